The van der Waals surface area contributed by atoms with Crippen LogP contribution in [0, 0.1) is 13.8 Å². The molecular weight excluding hydrogens is 386 g/mol. The average Bonchev–Trinajstić information content (AvgIpc) is 2.80. The highest BCUT2D eigenvalue weighted by Crippen LogP contribution is 2.19. The van der Waals surface area contributed by atoms with Gasteiger partial charge >= 0.3 is 5.97 Å². The maximum absolute atomic E-state index is 12.2. The summed E-state index contributed by atoms with van der Waals surface area (Å²) >= 11 is 3.40. The Morgan fingerprint density at radius 1 is 1.32 bits per heavy atom. The van der Waals surface area contributed by atoms with E-state index in [1.54, 1.807) is 24.7 Å². The molecule has 0 unspecified atom stereocenters. The highest BCUT2D eigenvalue weighted by atomic mass is 79.9. The Labute approximate surface area is 155 Å². The van der Waals surface area contributed by atoms with Crippen LogP contribution in [0.2, 0.25) is 0 Å². The molecule has 0 aliphatic rings. The van der Waals surface area contributed by atoms with Gasteiger partial charge in [0.05, 0.1) is 17.1 Å². The lowest BCUT2D eigenvalue weighted by Crippen LogP contribution is -2.29. The molecule has 0 bridgehead atoms. The van der Waals surface area contributed by atoms with Crippen molar-refractivity contribution in [3.63, 3.8) is 0 Å². The zero-order valence-corrected chi connectivity index (χ0v) is 16.1. The fraction of sp³-hybridized carbons (Fsp3) is 0.278. The third kappa shape index (κ3) is 4.79. The van der Waals surface area contributed by atoms with Gasteiger partial charge in [-0.2, -0.15) is 5.10 Å². The molecule has 0 saturated heterocycles. The second-order valence-corrected chi connectivity index (χ2v) is 6.45. The number of hydrogen-bond donors (Lipinski definition) is 1. The molecule has 0 saturated carbocycles. The van der Waals surface area contributed by atoms with Gasteiger partial charge in [0.2, 0.25) is 0 Å². The Balaban J connectivity index is 1.96. The van der Waals surface area contributed by atoms with Gasteiger partial charge in [0, 0.05) is 17.6 Å². The van der Waals surface area contributed by atoms with Gasteiger partial charge in [-0.25, -0.2) is 4.79 Å². The number of amides is 1. The van der Waals surface area contributed by atoms with Gasteiger partial charge in [-0.1, -0.05) is 34.1 Å². The monoisotopic (exact) mass is 405 g/mol. The maximum Gasteiger partial charge on any atom is 0.331 e. The molecule has 1 heterocycles. The van der Waals surface area contributed by atoms with Gasteiger partial charge in [0.25, 0.3) is 5.91 Å². The number of ether oxygens (including phenoxy) is 1. The van der Waals surface area contributed by atoms with Crippen molar-refractivity contribution in [3.05, 3.63) is 51.8 Å². The van der Waals surface area contributed by atoms with Crippen molar-refractivity contribution in [2.75, 3.05) is 5.32 Å². The molecular formula is C18H20BrN3O3. The third-order valence-electron chi connectivity index (χ3n) is 3.72. The summed E-state index contributed by atoms with van der Waals surface area (Å²) in [7, 11) is 1.80. The van der Waals surface area contributed by atoms with E-state index >= 15 is 0 Å². The van der Waals surface area contributed by atoms with E-state index in [0.717, 1.165) is 15.7 Å². The van der Waals surface area contributed by atoms with E-state index in [-0.39, 0.29) is 0 Å². The molecule has 0 fully saturated rings. The quantitative estimate of drug-likeness (QED) is 0.611. The minimum absolute atomic E-state index is 0.401. The lowest BCUT2D eigenvalue weighted by atomic mass is 10.2. The predicted molar refractivity (Wildman–Crippen MR) is 100 cm³/mol. The third-order valence-corrected chi connectivity index (χ3v) is 4.45. The van der Waals surface area contributed by atoms with E-state index in [0.29, 0.717) is 11.4 Å². The average molecular weight is 406 g/mol. The highest BCUT2D eigenvalue weighted by molar-refractivity contribution is 9.10. The van der Waals surface area contributed by atoms with Crippen LogP contribution in [-0.2, 0) is 21.4 Å². The molecule has 25 heavy (non-hydrogen) atoms. The second kappa shape index (κ2) is 8.11. The number of benzene rings is 1. The number of nitrogens with zero attached hydrogens (tertiary/aromatic N) is 2. The topological polar surface area (TPSA) is 73.2 Å². The Morgan fingerprint density at radius 3 is 2.60 bits per heavy atom. The first-order valence-electron chi connectivity index (χ1n) is 7.74. The van der Waals surface area contributed by atoms with Crippen LogP contribution in [0.15, 0.2) is 34.8 Å². The minimum atomic E-state index is -0.921. The highest BCUT2D eigenvalue weighted by Gasteiger charge is 2.20. The summed E-state index contributed by atoms with van der Waals surface area (Å²) in [5.74, 6) is -0.986. The van der Waals surface area contributed by atoms with Gasteiger partial charge < -0.3 is 10.1 Å². The second-order valence-electron chi connectivity index (χ2n) is 5.59. The van der Waals surface area contributed by atoms with Gasteiger partial charge in [0.1, 0.15) is 0 Å². The number of nitrogens with one attached hydrogen (secondary N) is 1. The van der Waals surface area contributed by atoms with E-state index in [4.69, 9.17) is 4.74 Å². The van der Waals surface area contributed by atoms with Crippen molar-refractivity contribution >= 4 is 39.6 Å². The molecule has 7 heteroatoms. The molecule has 0 spiro atoms. The largest absolute Gasteiger partial charge is 0.449 e. The molecule has 1 N–H and O–H groups in total. The van der Waals surface area contributed by atoms with Crippen LogP contribution < -0.4 is 5.32 Å². The Morgan fingerprint density at radius 2 is 2.00 bits per heavy atom. The number of carbonyl (C=O) groups is 2. The number of aromatic nitrogens is 2. The van der Waals surface area contributed by atoms with Crippen LogP contribution in [0.25, 0.3) is 6.08 Å². The van der Waals surface area contributed by atoms with Gasteiger partial charge in [-0.15, -0.1) is 0 Å². The van der Waals surface area contributed by atoms with E-state index in [9.17, 15) is 9.59 Å². The Kier molecular flexibility index (Phi) is 6.14. The van der Waals surface area contributed by atoms with E-state index < -0.39 is 18.0 Å². The zero-order valence-electron chi connectivity index (χ0n) is 14.5. The van der Waals surface area contributed by atoms with Gasteiger partial charge in [0.15, 0.2) is 6.10 Å². The summed E-state index contributed by atoms with van der Waals surface area (Å²) in [5, 5.41) is 6.99. The summed E-state index contributed by atoms with van der Waals surface area (Å²) < 4.78 is 7.70. The summed E-state index contributed by atoms with van der Waals surface area (Å²) in [6, 6.07) is 7.48. The van der Waals surface area contributed by atoms with Crippen LogP contribution in [0.1, 0.15) is 23.9 Å². The zero-order chi connectivity index (χ0) is 18.6. The number of esters is 1. The van der Waals surface area contributed by atoms with Crippen LogP contribution in [0.4, 0.5) is 5.69 Å². The summed E-state index contributed by atoms with van der Waals surface area (Å²) in [4.78, 5) is 24.1. The lowest BCUT2D eigenvalue weighted by molar-refractivity contribution is -0.148. The number of carbonyl (C=O) groups excluding carboxylic acids is 2. The van der Waals surface area contributed by atoms with Crippen molar-refractivity contribution in [3.8, 4) is 0 Å². The summed E-state index contributed by atoms with van der Waals surface area (Å²) in [6.07, 6.45) is 2.01. The fourth-order valence-electron chi connectivity index (χ4n) is 2.21. The molecule has 1 amide bonds. The van der Waals surface area contributed by atoms with Crippen molar-refractivity contribution in [2.45, 2.75) is 26.9 Å². The molecule has 6 nitrogen and oxygen atoms in total. The normalized spacial score (nSPS) is 12.2. The Hall–Kier alpha value is -2.41. The van der Waals surface area contributed by atoms with Crippen LogP contribution >= 0.6 is 15.9 Å². The van der Waals surface area contributed by atoms with Gasteiger partial charge in [-0.05, 0) is 38.5 Å². The predicted octanol–water partition coefficient (Wildman–Crippen LogP) is 3.38. The van der Waals surface area contributed by atoms with Crippen molar-refractivity contribution < 1.29 is 14.3 Å². The molecule has 1 aromatic carbocycles. The summed E-state index contributed by atoms with van der Waals surface area (Å²) in [6.45, 7) is 5.19. The number of anilines is 1. The molecule has 132 valence electrons. The fourth-order valence-corrected chi connectivity index (χ4v) is 2.63. The summed E-state index contributed by atoms with van der Waals surface area (Å²) in [5.41, 5.74) is 3.02. The van der Waals surface area contributed by atoms with Crippen LogP contribution in [0.5, 0.6) is 0 Å². The van der Waals surface area contributed by atoms with Crippen LogP contribution in [0.3, 0.4) is 0 Å². The van der Waals surface area contributed by atoms with Crippen molar-refractivity contribution in [1.29, 1.82) is 0 Å². The molecule has 0 aliphatic heterocycles. The molecule has 0 radical (unpaired) electrons. The molecule has 2 aromatic rings. The van der Waals surface area contributed by atoms with Crippen molar-refractivity contribution in [2.24, 2.45) is 7.05 Å². The SMILES string of the molecule is Cc1nn(C)c(C)c1NC(=O)[C@H](C)OC(=O)/C=C/c1ccccc1Br. The molecule has 1 atom stereocenters. The standard InChI is InChI=1S/C18H20BrN3O3/c1-11-17(12(2)22(4)21-11)20-18(24)13(3)25-16(23)10-9-14-7-5-6-8-15(14)19/h5-10,13H,1-4H3,(H,20,24)/b10-9+/t13-/m0/s1. The van der Waals surface area contributed by atoms with E-state index in [1.807, 2.05) is 31.2 Å². The van der Waals surface area contributed by atoms with E-state index in [1.165, 1.54) is 13.0 Å². The minimum Gasteiger partial charge on any atom is -0.449 e. The first kappa shape index (κ1) is 18.9. The number of aryl methyl sites for hydroxylation is 2. The first-order valence-corrected chi connectivity index (χ1v) is 8.53. The molecule has 0 aliphatic carbocycles. The maximum atomic E-state index is 12.2. The first-order chi connectivity index (χ1) is 11.8. The van der Waals surface area contributed by atoms with Crippen LogP contribution in [-0.4, -0.2) is 27.8 Å². The number of hydrogen-bond acceptors (Lipinski definition) is 4. The van der Waals surface area contributed by atoms with Gasteiger partial charge in [-0.3, -0.25) is 9.48 Å². The molecule has 2 rings (SSSR count). The number of rotatable bonds is 5. The molecule has 1 aromatic heterocycles. The van der Waals surface area contributed by atoms with Crippen molar-refractivity contribution in [1.82, 2.24) is 9.78 Å². The Bertz CT molecular complexity index is 827. The number of halogens is 1. The lowest BCUT2D eigenvalue weighted by Gasteiger charge is -2.12. The van der Waals surface area contributed by atoms with E-state index in [2.05, 4.69) is 26.3 Å². The smallest absolute Gasteiger partial charge is 0.331 e.